The Labute approximate surface area is 200 Å². The number of nitrogens with zero attached hydrogens (tertiary/aromatic N) is 1. The third-order valence-corrected chi connectivity index (χ3v) is 7.84. The van der Waals surface area contributed by atoms with Gasteiger partial charge < -0.3 is 50.5 Å². The molecule has 1 aromatic rings. The van der Waals surface area contributed by atoms with E-state index in [2.05, 4.69) is 13.4 Å². The molecule has 0 aromatic carbocycles. The molecule has 3 heterocycles. The number of aliphatic hydroxyl groups excluding tert-OH is 5. The molecule has 36 heavy (non-hydrogen) atoms. The van der Waals surface area contributed by atoms with E-state index in [9.17, 15) is 48.9 Å². The predicted octanol–water partition coefficient (Wildman–Crippen LogP) is -4.83. The van der Waals surface area contributed by atoms with Crippen LogP contribution in [0, 0.1) is 0 Å². The predicted molar refractivity (Wildman–Crippen MR) is 111 cm³/mol. The number of phosphoric acid groups is 2. The number of aromatic amines is 1. The van der Waals surface area contributed by atoms with Gasteiger partial charge in [-0.2, -0.15) is 4.31 Å². The number of phosphoric ester groups is 2. The molecular formula is C15H25N3O16P2. The van der Waals surface area contributed by atoms with Gasteiger partial charge in [0.2, 0.25) is 0 Å². The lowest BCUT2D eigenvalue weighted by Gasteiger charge is -2.40. The van der Waals surface area contributed by atoms with E-state index in [0.717, 1.165) is 16.8 Å². The molecule has 0 aliphatic carbocycles. The number of H-pyrrole nitrogens is 1. The van der Waals surface area contributed by atoms with Crippen molar-refractivity contribution in [1.82, 2.24) is 9.55 Å². The normalized spacial score (nSPS) is 38.4. The molecule has 2 unspecified atom stereocenters. The van der Waals surface area contributed by atoms with Crippen LogP contribution in [-0.2, 0) is 32.0 Å². The Morgan fingerprint density at radius 2 is 1.64 bits per heavy atom. The molecular weight excluding hydrogens is 540 g/mol. The van der Waals surface area contributed by atoms with Gasteiger partial charge in [0.25, 0.3) is 5.56 Å². The van der Waals surface area contributed by atoms with Crippen LogP contribution in [0.15, 0.2) is 21.9 Å². The molecule has 11 atom stereocenters. The van der Waals surface area contributed by atoms with E-state index in [4.69, 9.17) is 20.3 Å². The van der Waals surface area contributed by atoms with Crippen LogP contribution in [-0.4, -0.2) is 107 Å². The smallest absolute Gasteiger partial charge is 0.394 e. The van der Waals surface area contributed by atoms with Crippen molar-refractivity contribution < 1.29 is 67.3 Å². The minimum Gasteiger partial charge on any atom is -0.394 e. The van der Waals surface area contributed by atoms with E-state index in [0.29, 0.717) is 0 Å². The number of rotatable bonds is 9. The molecule has 0 spiro atoms. The maximum atomic E-state index is 12.2. The molecule has 0 amide bonds. The van der Waals surface area contributed by atoms with Crippen molar-refractivity contribution in [2.45, 2.75) is 55.2 Å². The van der Waals surface area contributed by atoms with Crippen molar-refractivity contribution in [3.63, 3.8) is 0 Å². The first-order valence-electron chi connectivity index (χ1n) is 10.1. The van der Waals surface area contributed by atoms with E-state index in [-0.39, 0.29) is 0 Å². The van der Waals surface area contributed by atoms with Crippen molar-refractivity contribution >= 4 is 15.6 Å². The van der Waals surface area contributed by atoms with Gasteiger partial charge in [0, 0.05) is 12.3 Å². The maximum absolute atomic E-state index is 12.2. The summed E-state index contributed by atoms with van der Waals surface area (Å²) in [5.74, 6) is 0. The fourth-order valence-corrected chi connectivity index (χ4v) is 5.57. The average molecular weight is 565 g/mol. The highest BCUT2D eigenvalue weighted by atomic mass is 31.3. The van der Waals surface area contributed by atoms with Gasteiger partial charge in [-0.1, -0.05) is 0 Å². The number of aliphatic hydroxyl groups is 5. The van der Waals surface area contributed by atoms with Crippen molar-refractivity contribution in [2.75, 3.05) is 13.2 Å². The molecule has 0 bridgehead atoms. The number of nitrogens with two attached hydrogens (primary N) is 1. The summed E-state index contributed by atoms with van der Waals surface area (Å²) in [5, 5.41) is 49.0. The lowest BCUT2D eigenvalue weighted by molar-refractivity contribution is -0.242. The summed E-state index contributed by atoms with van der Waals surface area (Å²) >= 11 is 0. The van der Waals surface area contributed by atoms with Gasteiger partial charge in [-0.3, -0.25) is 23.4 Å². The second kappa shape index (κ2) is 11.2. The monoisotopic (exact) mass is 565 g/mol. The molecule has 1 aromatic heterocycles. The van der Waals surface area contributed by atoms with Crippen molar-refractivity contribution in [3.05, 3.63) is 33.1 Å². The molecule has 10 N–H and O–H groups in total. The molecule has 2 saturated heterocycles. The SMILES string of the molecule is N[C@H]1[C@@H](OP(=O)(O)OP(=O)(O)OC[C@H]2O[C@@H](n3ccc(=O)[nH]c3=O)[C@H](O)[C@@H]2O)O[C@H](CO)[C@@H](O)[C@@H]1O. The zero-order chi connectivity index (χ0) is 27.0. The second-order valence-corrected chi connectivity index (χ2v) is 10.8. The highest BCUT2D eigenvalue weighted by Gasteiger charge is 2.49. The first-order valence-corrected chi connectivity index (χ1v) is 13.1. The van der Waals surface area contributed by atoms with Gasteiger partial charge in [0.1, 0.15) is 36.6 Å². The van der Waals surface area contributed by atoms with E-state index in [1.54, 1.807) is 0 Å². The quantitative estimate of drug-likeness (QED) is 0.127. The van der Waals surface area contributed by atoms with Gasteiger partial charge in [0.05, 0.1) is 19.3 Å². The molecule has 0 saturated carbocycles. The van der Waals surface area contributed by atoms with Crippen LogP contribution >= 0.6 is 15.6 Å². The summed E-state index contributed by atoms with van der Waals surface area (Å²) in [4.78, 5) is 44.6. The van der Waals surface area contributed by atoms with Crippen LogP contribution in [0.1, 0.15) is 6.23 Å². The van der Waals surface area contributed by atoms with E-state index in [1.807, 2.05) is 4.98 Å². The third-order valence-electron chi connectivity index (χ3n) is 5.24. The third kappa shape index (κ3) is 6.54. The first-order chi connectivity index (χ1) is 16.7. The minimum absolute atomic E-state index is 0.735. The lowest BCUT2D eigenvalue weighted by atomic mass is 9.98. The summed E-state index contributed by atoms with van der Waals surface area (Å²) in [6.07, 6.45) is -12.5. The molecule has 2 aliphatic rings. The van der Waals surface area contributed by atoms with Crippen LogP contribution in [0.4, 0.5) is 0 Å². The average Bonchev–Trinajstić information content (AvgIpc) is 3.06. The Bertz CT molecular complexity index is 1130. The Balaban J connectivity index is 1.61. The second-order valence-electron chi connectivity index (χ2n) is 7.77. The Kier molecular flexibility index (Phi) is 9.05. The number of hydrogen-bond acceptors (Lipinski definition) is 15. The number of aromatic nitrogens is 2. The van der Waals surface area contributed by atoms with Crippen LogP contribution in [0.3, 0.4) is 0 Å². The summed E-state index contributed by atoms with van der Waals surface area (Å²) in [6, 6.07) is -0.699. The van der Waals surface area contributed by atoms with Crippen LogP contribution in [0.25, 0.3) is 0 Å². The summed E-state index contributed by atoms with van der Waals surface area (Å²) < 4.78 is 48.5. The van der Waals surface area contributed by atoms with E-state index in [1.165, 1.54) is 0 Å². The summed E-state index contributed by atoms with van der Waals surface area (Å²) in [6.45, 7) is -1.84. The fraction of sp³-hybridized carbons (Fsp3) is 0.733. The zero-order valence-electron chi connectivity index (χ0n) is 18.0. The Hall–Kier alpha value is -1.38. The highest BCUT2D eigenvalue weighted by molar-refractivity contribution is 7.61. The molecule has 19 nitrogen and oxygen atoms in total. The van der Waals surface area contributed by atoms with Crippen LogP contribution in [0.2, 0.25) is 0 Å². The molecule has 0 radical (unpaired) electrons. The molecule has 2 fully saturated rings. The Morgan fingerprint density at radius 3 is 2.25 bits per heavy atom. The molecule has 2 aliphatic heterocycles. The van der Waals surface area contributed by atoms with Gasteiger partial charge in [0.15, 0.2) is 12.5 Å². The Morgan fingerprint density at radius 1 is 1.00 bits per heavy atom. The van der Waals surface area contributed by atoms with E-state index < -0.39 is 95.3 Å². The van der Waals surface area contributed by atoms with Gasteiger partial charge >= 0.3 is 21.3 Å². The first kappa shape index (κ1) is 29.2. The van der Waals surface area contributed by atoms with Crippen molar-refractivity contribution in [1.29, 1.82) is 0 Å². The molecule has 3 rings (SSSR count). The maximum Gasteiger partial charge on any atom is 0.483 e. The largest absolute Gasteiger partial charge is 0.483 e. The standard InChI is InChI=1S/C15H25N3O16P2/c16-8-11(23)9(21)5(3-19)32-14(8)33-36(28,29)34-35(26,27)30-4-6-10(22)12(24)13(31-6)18-2-1-7(20)17-15(18)25/h1-2,5-6,8-14,19,21-24H,3-4,16H2,(H,26,27)(H,28,29)(H,17,20,25)/t5-,6-,8-,9-,10-,11-,12-,13-,14-/m1/s1. The lowest BCUT2D eigenvalue weighted by Crippen LogP contribution is -2.62. The molecule has 21 heteroatoms. The zero-order valence-corrected chi connectivity index (χ0v) is 19.8. The number of nitrogens with one attached hydrogen (secondary N) is 1. The van der Waals surface area contributed by atoms with Crippen LogP contribution in [0.5, 0.6) is 0 Å². The van der Waals surface area contributed by atoms with Gasteiger partial charge in [-0.15, -0.1) is 0 Å². The minimum atomic E-state index is -5.51. The highest BCUT2D eigenvalue weighted by Crippen LogP contribution is 2.61. The van der Waals surface area contributed by atoms with Crippen LogP contribution < -0.4 is 17.0 Å². The molecule has 206 valence electrons. The van der Waals surface area contributed by atoms with Gasteiger partial charge in [-0.05, 0) is 0 Å². The van der Waals surface area contributed by atoms with E-state index >= 15 is 0 Å². The van der Waals surface area contributed by atoms with Crippen molar-refractivity contribution in [2.24, 2.45) is 5.73 Å². The summed E-state index contributed by atoms with van der Waals surface area (Å²) in [7, 11) is -11.0. The fourth-order valence-electron chi connectivity index (χ4n) is 3.39. The van der Waals surface area contributed by atoms with Crippen molar-refractivity contribution in [3.8, 4) is 0 Å². The van der Waals surface area contributed by atoms with Gasteiger partial charge in [-0.25, -0.2) is 13.9 Å². The topological polar surface area (TPSA) is 303 Å². The summed E-state index contributed by atoms with van der Waals surface area (Å²) in [5.41, 5.74) is 3.82. The number of hydrogen-bond donors (Lipinski definition) is 9. The number of ether oxygens (including phenoxy) is 2.